The van der Waals surface area contributed by atoms with Gasteiger partial charge in [-0.2, -0.15) is 0 Å². The standard InChI is InChI=1S/C19H20N4O2/c1-13-4-2-5-14(12-13)22-8-10-23(11-9-22)18(24)15-6-3-7-16-17(15)21-19(25)20-16/h2-7,12H,8-11H2,1H3,(H2,20,21,25). The molecule has 0 radical (unpaired) electrons. The van der Waals surface area contributed by atoms with E-state index in [2.05, 4.69) is 46.1 Å². The maximum absolute atomic E-state index is 12.9. The van der Waals surface area contributed by atoms with Crippen LogP contribution in [0, 0.1) is 6.92 Å². The van der Waals surface area contributed by atoms with Gasteiger partial charge in [0.2, 0.25) is 0 Å². The third kappa shape index (κ3) is 2.91. The average molecular weight is 336 g/mol. The molecule has 2 N–H and O–H groups in total. The van der Waals surface area contributed by atoms with Gasteiger partial charge in [0, 0.05) is 31.9 Å². The number of carbonyl (C=O) groups is 1. The largest absolute Gasteiger partial charge is 0.368 e. The van der Waals surface area contributed by atoms with Crippen LogP contribution in [0.25, 0.3) is 11.0 Å². The smallest absolute Gasteiger partial charge is 0.323 e. The molecule has 1 amide bonds. The summed E-state index contributed by atoms with van der Waals surface area (Å²) >= 11 is 0. The lowest BCUT2D eigenvalue weighted by atomic mass is 10.1. The number of rotatable bonds is 2. The van der Waals surface area contributed by atoms with Crippen molar-refractivity contribution >= 4 is 22.6 Å². The third-order valence-corrected chi connectivity index (χ3v) is 4.72. The topological polar surface area (TPSA) is 72.2 Å². The summed E-state index contributed by atoms with van der Waals surface area (Å²) < 4.78 is 0. The number of aromatic amines is 2. The van der Waals surface area contributed by atoms with Crippen LogP contribution in [0.3, 0.4) is 0 Å². The van der Waals surface area contributed by atoms with Crippen molar-refractivity contribution in [2.24, 2.45) is 0 Å². The van der Waals surface area contributed by atoms with Crippen LogP contribution in [0.5, 0.6) is 0 Å². The number of fused-ring (bicyclic) bond motifs is 1. The molecule has 6 heteroatoms. The van der Waals surface area contributed by atoms with Gasteiger partial charge in [-0.3, -0.25) is 4.79 Å². The number of hydrogen-bond donors (Lipinski definition) is 2. The fourth-order valence-corrected chi connectivity index (χ4v) is 3.40. The number of benzene rings is 2. The van der Waals surface area contributed by atoms with Crippen molar-refractivity contribution in [3.8, 4) is 0 Å². The lowest BCUT2D eigenvalue weighted by Crippen LogP contribution is -2.48. The Kier molecular flexibility index (Phi) is 3.80. The number of H-pyrrole nitrogens is 2. The van der Waals surface area contributed by atoms with Crippen molar-refractivity contribution in [3.05, 3.63) is 64.1 Å². The zero-order valence-electron chi connectivity index (χ0n) is 14.1. The van der Waals surface area contributed by atoms with Crippen molar-refractivity contribution < 1.29 is 4.79 Å². The molecular weight excluding hydrogens is 316 g/mol. The van der Waals surface area contributed by atoms with Gasteiger partial charge in [-0.15, -0.1) is 0 Å². The molecule has 0 saturated carbocycles. The second kappa shape index (κ2) is 6.12. The summed E-state index contributed by atoms with van der Waals surface area (Å²) in [7, 11) is 0. The van der Waals surface area contributed by atoms with Gasteiger partial charge in [0.1, 0.15) is 0 Å². The first-order valence-electron chi connectivity index (χ1n) is 8.44. The van der Waals surface area contributed by atoms with Crippen LogP contribution >= 0.6 is 0 Å². The summed E-state index contributed by atoms with van der Waals surface area (Å²) in [5, 5.41) is 0. The zero-order chi connectivity index (χ0) is 17.4. The van der Waals surface area contributed by atoms with E-state index >= 15 is 0 Å². The Morgan fingerprint density at radius 3 is 2.52 bits per heavy atom. The molecule has 2 aromatic carbocycles. The molecule has 1 saturated heterocycles. The van der Waals surface area contributed by atoms with Gasteiger partial charge < -0.3 is 19.8 Å². The summed E-state index contributed by atoms with van der Waals surface area (Å²) in [5.74, 6) is -0.0373. The highest BCUT2D eigenvalue weighted by Gasteiger charge is 2.24. The lowest BCUT2D eigenvalue weighted by Gasteiger charge is -2.36. The van der Waals surface area contributed by atoms with Crippen LogP contribution in [-0.2, 0) is 0 Å². The van der Waals surface area contributed by atoms with Gasteiger partial charge in [0.05, 0.1) is 16.6 Å². The molecule has 3 aromatic rings. The Morgan fingerprint density at radius 2 is 1.76 bits per heavy atom. The van der Waals surface area contributed by atoms with E-state index in [0.29, 0.717) is 29.7 Å². The number of aromatic nitrogens is 2. The number of hydrogen-bond acceptors (Lipinski definition) is 3. The Bertz CT molecular complexity index is 980. The summed E-state index contributed by atoms with van der Waals surface area (Å²) in [6.45, 7) is 5.01. The van der Waals surface area contributed by atoms with E-state index in [9.17, 15) is 9.59 Å². The fraction of sp³-hybridized carbons (Fsp3) is 0.263. The molecule has 1 fully saturated rings. The molecule has 0 unspecified atom stereocenters. The van der Waals surface area contributed by atoms with E-state index in [1.807, 2.05) is 4.90 Å². The molecule has 1 aliphatic heterocycles. The first-order valence-corrected chi connectivity index (χ1v) is 8.44. The Morgan fingerprint density at radius 1 is 1.00 bits per heavy atom. The summed E-state index contributed by atoms with van der Waals surface area (Å²) in [6, 6.07) is 13.8. The van der Waals surface area contributed by atoms with Crippen molar-refractivity contribution in [2.75, 3.05) is 31.1 Å². The van der Waals surface area contributed by atoms with Crippen molar-refractivity contribution in [3.63, 3.8) is 0 Å². The van der Waals surface area contributed by atoms with Crippen molar-refractivity contribution in [1.29, 1.82) is 0 Å². The molecule has 0 aliphatic carbocycles. The number of aryl methyl sites for hydroxylation is 1. The normalized spacial score (nSPS) is 14.9. The molecular formula is C19H20N4O2. The van der Waals surface area contributed by atoms with E-state index in [1.165, 1.54) is 11.3 Å². The quantitative estimate of drug-likeness (QED) is 0.753. The van der Waals surface area contributed by atoms with Gasteiger partial charge in [-0.05, 0) is 36.8 Å². The minimum absolute atomic E-state index is 0.0373. The number of piperazine rings is 1. The number of carbonyl (C=O) groups excluding carboxylic acids is 1. The summed E-state index contributed by atoms with van der Waals surface area (Å²) in [5.41, 5.74) is 3.93. The van der Waals surface area contributed by atoms with E-state index in [4.69, 9.17) is 0 Å². The predicted molar refractivity (Wildman–Crippen MR) is 98.2 cm³/mol. The van der Waals surface area contributed by atoms with Crippen molar-refractivity contribution in [2.45, 2.75) is 6.92 Å². The summed E-state index contributed by atoms with van der Waals surface area (Å²) in [4.78, 5) is 34.0. The van der Waals surface area contributed by atoms with Crippen LogP contribution in [0.2, 0.25) is 0 Å². The van der Waals surface area contributed by atoms with Gasteiger partial charge in [0.25, 0.3) is 5.91 Å². The van der Waals surface area contributed by atoms with Crippen LogP contribution < -0.4 is 10.6 Å². The van der Waals surface area contributed by atoms with Crippen LogP contribution in [0.4, 0.5) is 5.69 Å². The molecule has 0 atom stereocenters. The SMILES string of the molecule is Cc1cccc(N2CCN(C(=O)c3cccc4[nH]c(=O)[nH]c34)CC2)c1. The molecule has 6 nitrogen and oxygen atoms in total. The minimum Gasteiger partial charge on any atom is -0.368 e. The molecule has 2 heterocycles. The first kappa shape index (κ1) is 15.5. The number of nitrogens with one attached hydrogen (secondary N) is 2. The molecule has 4 rings (SSSR count). The van der Waals surface area contributed by atoms with E-state index < -0.39 is 0 Å². The Balaban J connectivity index is 1.52. The van der Waals surface area contributed by atoms with Crippen LogP contribution in [0.1, 0.15) is 15.9 Å². The second-order valence-electron chi connectivity index (χ2n) is 6.43. The lowest BCUT2D eigenvalue weighted by molar-refractivity contribution is 0.0748. The maximum Gasteiger partial charge on any atom is 0.323 e. The maximum atomic E-state index is 12.9. The van der Waals surface area contributed by atoms with E-state index in [0.717, 1.165) is 13.1 Å². The highest BCUT2D eigenvalue weighted by Crippen LogP contribution is 2.20. The highest BCUT2D eigenvalue weighted by atomic mass is 16.2. The molecule has 1 aromatic heterocycles. The molecule has 128 valence electrons. The van der Waals surface area contributed by atoms with Gasteiger partial charge in [-0.25, -0.2) is 4.79 Å². The number of nitrogens with zero attached hydrogens (tertiary/aromatic N) is 2. The minimum atomic E-state index is -0.292. The molecule has 0 spiro atoms. The Hall–Kier alpha value is -3.02. The average Bonchev–Trinajstić information content (AvgIpc) is 3.01. The van der Waals surface area contributed by atoms with Crippen LogP contribution in [-0.4, -0.2) is 47.0 Å². The number of para-hydroxylation sites is 1. The molecule has 25 heavy (non-hydrogen) atoms. The molecule has 1 aliphatic rings. The first-order chi connectivity index (χ1) is 12.1. The number of amides is 1. The molecule has 0 bridgehead atoms. The van der Waals surface area contributed by atoms with Gasteiger partial charge >= 0.3 is 5.69 Å². The second-order valence-corrected chi connectivity index (χ2v) is 6.43. The van der Waals surface area contributed by atoms with E-state index in [-0.39, 0.29) is 11.6 Å². The van der Waals surface area contributed by atoms with Crippen LogP contribution in [0.15, 0.2) is 47.3 Å². The fourth-order valence-electron chi connectivity index (χ4n) is 3.40. The predicted octanol–water partition coefficient (Wildman–Crippen LogP) is 2.13. The summed E-state index contributed by atoms with van der Waals surface area (Å²) in [6.07, 6.45) is 0. The van der Waals surface area contributed by atoms with Gasteiger partial charge in [0.15, 0.2) is 0 Å². The number of imidazole rings is 1. The Labute approximate surface area is 145 Å². The zero-order valence-corrected chi connectivity index (χ0v) is 14.1. The monoisotopic (exact) mass is 336 g/mol. The van der Waals surface area contributed by atoms with E-state index in [1.54, 1.807) is 18.2 Å². The van der Waals surface area contributed by atoms with Gasteiger partial charge in [-0.1, -0.05) is 18.2 Å². The number of anilines is 1. The third-order valence-electron chi connectivity index (χ3n) is 4.72. The van der Waals surface area contributed by atoms with Crippen molar-refractivity contribution in [1.82, 2.24) is 14.9 Å². The highest BCUT2D eigenvalue weighted by molar-refractivity contribution is 6.04.